The van der Waals surface area contributed by atoms with Gasteiger partial charge in [-0.3, -0.25) is 0 Å². The van der Waals surface area contributed by atoms with Crippen LogP contribution in [0.4, 0.5) is 43.9 Å². The van der Waals surface area contributed by atoms with E-state index in [9.17, 15) is 69.8 Å². The molecule has 0 saturated carbocycles. The summed E-state index contributed by atoms with van der Waals surface area (Å²) >= 11 is 0. The average Bonchev–Trinajstić information content (AvgIpc) is 2.67. The van der Waals surface area contributed by atoms with Gasteiger partial charge < -0.3 is 17.5 Å². The Morgan fingerprint density at radius 2 is 0.576 bits per heavy atom. The SMILES string of the molecule is O=S(=O)([O-])Oc1c(F)c(F)c(F)c(F)c1F.O=S(=O)([O-])Oc1c(F)c(F)c(F)c(F)c1F.[Mg+2]. The molecule has 0 spiro atoms. The van der Waals surface area contributed by atoms with Gasteiger partial charge in [-0.15, -0.1) is 0 Å². The van der Waals surface area contributed by atoms with Crippen LogP contribution in [0, 0.1) is 58.2 Å². The molecule has 0 heterocycles. The van der Waals surface area contributed by atoms with Crippen LogP contribution in [0.5, 0.6) is 11.5 Å². The Morgan fingerprint density at radius 1 is 0.424 bits per heavy atom. The molecule has 0 amide bonds. The summed E-state index contributed by atoms with van der Waals surface area (Å²) in [5, 5.41) is 0. The minimum absolute atomic E-state index is 0. The smallest absolute Gasteiger partial charge is 0.716 e. The predicted molar refractivity (Wildman–Crippen MR) is 78.9 cm³/mol. The molecule has 0 N–H and O–H groups in total. The van der Waals surface area contributed by atoms with Crippen molar-refractivity contribution >= 4 is 43.9 Å². The van der Waals surface area contributed by atoms with Crippen molar-refractivity contribution in [3.05, 3.63) is 58.2 Å². The third-order valence-corrected chi connectivity index (χ3v) is 3.45. The van der Waals surface area contributed by atoms with Crippen molar-refractivity contribution in [3.8, 4) is 11.5 Å². The molecular weight excluding hydrogens is 551 g/mol. The van der Waals surface area contributed by atoms with Crippen LogP contribution in [0.2, 0.25) is 0 Å². The Hall–Kier alpha value is -2.07. The largest absolute Gasteiger partial charge is 2.00 e. The maximum atomic E-state index is 12.7. The molecular formula is C12F10MgO8S2. The first-order valence-corrected chi connectivity index (χ1v) is 9.30. The van der Waals surface area contributed by atoms with Crippen LogP contribution in [0.1, 0.15) is 0 Å². The summed E-state index contributed by atoms with van der Waals surface area (Å²) in [7, 11) is -11.3. The van der Waals surface area contributed by atoms with Crippen molar-refractivity contribution in [1.29, 1.82) is 0 Å². The zero-order valence-corrected chi connectivity index (χ0v) is 17.6. The van der Waals surface area contributed by atoms with Crippen molar-refractivity contribution in [2.24, 2.45) is 0 Å². The van der Waals surface area contributed by atoms with Gasteiger partial charge in [0, 0.05) is 0 Å². The Morgan fingerprint density at radius 3 is 0.727 bits per heavy atom. The van der Waals surface area contributed by atoms with Crippen LogP contribution in [0.25, 0.3) is 0 Å². The molecule has 0 aromatic heterocycles. The fraction of sp³-hybridized carbons (Fsp3) is 0. The van der Waals surface area contributed by atoms with Crippen LogP contribution >= 0.6 is 0 Å². The number of benzene rings is 2. The fourth-order valence-corrected chi connectivity index (χ4v) is 2.22. The normalized spacial score (nSPS) is 11.3. The van der Waals surface area contributed by atoms with Gasteiger partial charge in [0.15, 0.2) is 0 Å². The van der Waals surface area contributed by atoms with Gasteiger partial charge >= 0.3 is 23.1 Å². The van der Waals surface area contributed by atoms with E-state index in [1.54, 1.807) is 0 Å². The zero-order valence-electron chi connectivity index (χ0n) is 14.6. The topological polar surface area (TPSA) is 133 Å². The van der Waals surface area contributed by atoms with Gasteiger partial charge in [0.25, 0.3) is 20.8 Å². The molecule has 8 nitrogen and oxygen atoms in total. The molecule has 33 heavy (non-hydrogen) atoms. The molecule has 2 aromatic carbocycles. The first-order chi connectivity index (χ1) is 14.3. The van der Waals surface area contributed by atoms with Crippen molar-refractivity contribution in [2.45, 2.75) is 0 Å². The minimum Gasteiger partial charge on any atom is -0.716 e. The summed E-state index contributed by atoms with van der Waals surface area (Å²) in [6.45, 7) is 0. The van der Waals surface area contributed by atoms with E-state index in [2.05, 4.69) is 8.37 Å². The van der Waals surface area contributed by atoms with Crippen LogP contribution < -0.4 is 8.37 Å². The van der Waals surface area contributed by atoms with Crippen molar-refractivity contribution in [1.82, 2.24) is 0 Å². The van der Waals surface area contributed by atoms with Gasteiger partial charge in [-0.1, -0.05) is 0 Å². The second-order valence-electron chi connectivity index (χ2n) is 4.78. The Labute approximate surface area is 191 Å². The second-order valence-corrected chi connectivity index (χ2v) is 6.75. The van der Waals surface area contributed by atoms with Crippen LogP contribution in [-0.4, -0.2) is 49.0 Å². The van der Waals surface area contributed by atoms with E-state index >= 15 is 0 Å². The summed E-state index contributed by atoms with van der Waals surface area (Å²) < 4.78 is 191. The average molecular weight is 551 g/mol. The molecule has 180 valence electrons. The molecule has 0 radical (unpaired) electrons. The van der Waals surface area contributed by atoms with E-state index in [0.29, 0.717) is 0 Å². The van der Waals surface area contributed by atoms with E-state index in [0.717, 1.165) is 0 Å². The van der Waals surface area contributed by atoms with Gasteiger partial charge in [-0.25, -0.2) is 43.2 Å². The van der Waals surface area contributed by atoms with Gasteiger partial charge in [0.05, 0.1) is 0 Å². The van der Waals surface area contributed by atoms with Gasteiger partial charge in [0.2, 0.25) is 69.7 Å². The van der Waals surface area contributed by atoms with Crippen LogP contribution in [0.15, 0.2) is 0 Å². The number of rotatable bonds is 4. The van der Waals surface area contributed by atoms with Gasteiger partial charge in [0.1, 0.15) is 0 Å². The summed E-state index contributed by atoms with van der Waals surface area (Å²) in [6, 6.07) is 0. The Bertz CT molecular complexity index is 1130. The Kier molecular flexibility index (Phi) is 10.2. The van der Waals surface area contributed by atoms with E-state index in [1.165, 1.54) is 0 Å². The standard InChI is InChI=1S/2C6HF5O4S.Mg/c2*7-1-2(8)4(10)6(5(11)3(1)9)15-16(12,13)14;/h2*(H,12,13,14);/q;;+2/p-2. The maximum Gasteiger partial charge on any atom is 2.00 e. The van der Waals surface area contributed by atoms with E-state index in [4.69, 9.17) is 0 Å². The molecule has 0 unspecified atom stereocenters. The summed E-state index contributed by atoms with van der Waals surface area (Å²) in [5.74, 6) is -29.2. The molecule has 2 aromatic rings. The molecule has 0 saturated heterocycles. The van der Waals surface area contributed by atoms with Crippen LogP contribution in [-0.2, 0) is 20.8 Å². The zero-order chi connectivity index (χ0) is 25.3. The Balaban J connectivity index is 0.000000602. The fourth-order valence-electron chi connectivity index (χ4n) is 1.52. The molecule has 0 atom stereocenters. The summed E-state index contributed by atoms with van der Waals surface area (Å²) in [4.78, 5) is 0. The number of hydrogen-bond acceptors (Lipinski definition) is 8. The molecule has 0 aliphatic rings. The number of halogens is 10. The number of hydrogen-bond donors (Lipinski definition) is 0. The first kappa shape index (κ1) is 30.9. The van der Waals surface area contributed by atoms with Crippen molar-refractivity contribution in [3.63, 3.8) is 0 Å². The first-order valence-electron chi connectivity index (χ1n) is 6.63. The molecule has 0 aliphatic carbocycles. The van der Waals surface area contributed by atoms with Crippen LogP contribution in [0.3, 0.4) is 0 Å². The second kappa shape index (κ2) is 10.9. The molecule has 0 aliphatic heterocycles. The summed E-state index contributed by atoms with van der Waals surface area (Å²) in [6.07, 6.45) is 0. The molecule has 0 bridgehead atoms. The minimum atomic E-state index is -5.65. The summed E-state index contributed by atoms with van der Waals surface area (Å²) in [5.41, 5.74) is 0. The molecule has 21 heteroatoms. The third-order valence-electron chi connectivity index (χ3n) is 2.71. The van der Waals surface area contributed by atoms with Gasteiger partial charge in [-0.2, -0.15) is 17.6 Å². The monoisotopic (exact) mass is 550 g/mol. The van der Waals surface area contributed by atoms with Crippen molar-refractivity contribution in [2.75, 3.05) is 0 Å². The molecule has 2 rings (SSSR count). The predicted octanol–water partition coefficient (Wildman–Crippen LogP) is 2.06. The third kappa shape index (κ3) is 7.46. The van der Waals surface area contributed by atoms with Crippen molar-refractivity contribution < 1.29 is 78.2 Å². The van der Waals surface area contributed by atoms with E-state index in [1.807, 2.05) is 0 Å². The quantitative estimate of drug-likeness (QED) is 0.141. The van der Waals surface area contributed by atoms with E-state index in [-0.39, 0.29) is 23.1 Å². The van der Waals surface area contributed by atoms with Gasteiger partial charge in [-0.05, 0) is 0 Å². The molecule has 0 fully saturated rings. The maximum absolute atomic E-state index is 12.7. The van der Waals surface area contributed by atoms with E-state index < -0.39 is 90.5 Å².